The van der Waals surface area contributed by atoms with E-state index in [1.807, 2.05) is 50.2 Å². The fourth-order valence-electron chi connectivity index (χ4n) is 5.33. The number of rotatable bonds is 19. The van der Waals surface area contributed by atoms with Gasteiger partial charge in [0.25, 0.3) is 0 Å². The van der Waals surface area contributed by atoms with Crippen LogP contribution < -0.4 is 29.6 Å². The molecule has 2 aromatic heterocycles. The van der Waals surface area contributed by atoms with Crippen molar-refractivity contribution >= 4 is 39.5 Å². The van der Waals surface area contributed by atoms with E-state index >= 15 is 0 Å². The molecule has 0 fully saturated rings. The van der Waals surface area contributed by atoms with Crippen molar-refractivity contribution in [3.05, 3.63) is 91.4 Å². The Bertz CT molecular complexity index is 1860. The number of pyridine rings is 2. The Morgan fingerprint density at radius 2 is 1.15 bits per heavy atom. The molecule has 2 aromatic carbocycles. The number of carboxylic acid groups (broad SMARTS) is 2. The highest BCUT2D eigenvalue weighted by atomic mass is 79.9. The highest BCUT2D eigenvalue weighted by Gasteiger charge is 2.33. The summed E-state index contributed by atoms with van der Waals surface area (Å²) < 4.78 is 23.6. The maximum atomic E-state index is 11.6. The molecule has 0 aliphatic carbocycles. The van der Waals surface area contributed by atoms with Crippen molar-refractivity contribution in [2.24, 2.45) is 0 Å². The SMILES string of the molecule is COc1nc(OCc2cccc(-c3cccc(COc4nc(OC)c(CN[C@@](C)(CO)C(=O)O)cc4Br)c3C)c2C)c(Cl)cc1CN[C@@](C)(CO)C(=O)O. The van der Waals surface area contributed by atoms with E-state index < -0.39 is 36.2 Å². The van der Waals surface area contributed by atoms with E-state index in [0.717, 1.165) is 33.4 Å². The smallest absolute Gasteiger partial charge is 0.326 e. The van der Waals surface area contributed by atoms with Gasteiger partial charge in [0.2, 0.25) is 23.5 Å². The molecular weight excluding hydrogens is 788 g/mol. The van der Waals surface area contributed by atoms with Crippen molar-refractivity contribution < 1.29 is 49.0 Å². The topological polar surface area (TPSA) is 202 Å². The highest BCUT2D eigenvalue weighted by molar-refractivity contribution is 9.10. The van der Waals surface area contributed by atoms with Crippen LogP contribution in [0.15, 0.2) is 53.0 Å². The van der Waals surface area contributed by atoms with E-state index in [-0.39, 0.29) is 54.8 Å². The average molecular weight is 832 g/mol. The van der Waals surface area contributed by atoms with E-state index in [4.69, 9.17) is 30.5 Å². The maximum Gasteiger partial charge on any atom is 0.326 e. The first-order valence-electron chi connectivity index (χ1n) is 16.7. The lowest BCUT2D eigenvalue weighted by Gasteiger charge is -2.24. The summed E-state index contributed by atoms with van der Waals surface area (Å²) in [5.74, 6) is -1.52. The number of hydrogen-bond donors (Lipinski definition) is 6. The Balaban J connectivity index is 1.50. The Morgan fingerprint density at radius 3 is 1.57 bits per heavy atom. The van der Waals surface area contributed by atoms with Crippen LogP contribution in [0.25, 0.3) is 11.1 Å². The predicted octanol–water partition coefficient (Wildman–Crippen LogP) is 5.20. The number of aromatic nitrogens is 2. The van der Waals surface area contributed by atoms with Crippen molar-refractivity contribution in [3.63, 3.8) is 0 Å². The number of aliphatic hydroxyl groups is 2. The summed E-state index contributed by atoms with van der Waals surface area (Å²) in [6.07, 6.45) is 0. The van der Waals surface area contributed by atoms with Crippen molar-refractivity contribution in [3.8, 4) is 34.6 Å². The number of carbonyl (C=O) groups is 2. The van der Waals surface area contributed by atoms with E-state index in [0.29, 0.717) is 15.6 Å². The Hall–Kier alpha value is -4.51. The molecule has 0 amide bonds. The van der Waals surface area contributed by atoms with Crippen molar-refractivity contribution in [2.75, 3.05) is 27.4 Å². The molecule has 0 saturated carbocycles. The number of nitrogens with one attached hydrogen (secondary N) is 2. The van der Waals surface area contributed by atoms with Gasteiger partial charge in [0.05, 0.1) is 31.9 Å². The third-order valence-corrected chi connectivity index (χ3v) is 10.0. The number of benzene rings is 2. The Kier molecular flexibility index (Phi) is 14.2. The first kappa shape index (κ1) is 42.2. The summed E-state index contributed by atoms with van der Waals surface area (Å²) in [5, 5.41) is 43.9. The van der Waals surface area contributed by atoms with E-state index in [2.05, 4.69) is 36.5 Å². The van der Waals surface area contributed by atoms with Gasteiger partial charge in [-0.1, -0.05) is 48.0 Å². The summed E-state index contributed by atoms with van der Waals surface area (Å²) in [5.41, 5.74) is 3.75. The van der Waals surface area contributed by atoms with E-state index in [1.54, 1.807) is 12.1 Å². The summed E-state index contributed by atoms with van der Waals surface area (Å²) in [7, 11) is 2.89. The molecule has 0 radical (unpaired) electrons. The number of carboxylic acids is 2. The molecule has 6 N–H and O–H groups in total. The van der Waals surface area contributed by atoms with Gasteiger partial charge in [-0.25, -0.2) is 0 Å². The third-order valence-electron chi connectivity index (χ3n) is 9.18. The number of methoxy groups -OCH3 is 2. The van der Waals surface area contributed by atoms with Gasteiger partial charge in [0.15, 0.2) is 0 Å². The minimum atomic E-state index is -1.56. The molecule has 0 unspecified atom stereocenters. The lowest BCUT2D eigenvalue weighted by Crippen LogP contribution is -2.52. The number of aliphatic hydroxyl groups excluding tert-OH is 2. The average Bonchev–Trinajstić information content (AvgIpc) is 3.15. The van der Waals surface area contributed by atoms with Gasteiger partial charge in [0, 0.05) is 24.2 Å². The summed E-state index contributed by atoms with van der Waals surface area (Å²) in [6.45, 7) is 6.01. The molecule has 4 aromatic rings. The second kappa shape index (κ2) is 18.2. The molecule has 0 aliphatic heterocycles. The van der Waals surface area contributed by atoms with Crippen LogP contribution in [0.1, 0.15) is 47.2 Å². The zero-order valence-electron chi connectivity index (χ0n) is 30.8. The third kappa shape index (κ3) is 9.58. The van der Waals surface area contributed by atoms with Gasteiger partial charge >= 0.3 is 11.9 Å². The molecule has 2 heterocycles. The molecule has 0 bridgehead atoms. The lowest BCUT2D eigenvalue weighted by atomic mass is 9.92. The van der Waals surface area contributed by atoms with Gasteiger partial charge in [-0.05, 0) is 89.1 Å². The van der Waals surface area contributed by atoms with Gasteiger partial charge in [-0.3, -0.25) is 20.2 Å². The maximum absolute atomic E-state index is 11.6. The van der Waals surface area contributed by atoms with Crippen LogP contribution >= 0.6 is 27.5 Å². The zero-order valence-corrected chi connectivity index (χ0v) is 33.1. The van der Waals surface area contributed by atoms with Crippen LogP contribution in [-0.2, 0) is 35.9 Å². The fourth-order valence-corrected chi connectivity index (χ4v) is 6.04. The molecule has 0 saturated heterocycles. The molecular formula is C38H44BrClN4O10. The number of halogens is 2. The fraction of sp³-hybridized carbons (Fsp3) is 0.368. The summed E-state index contributed by atoms with van der Waals surface area (Å²) >= 11 is 10.0. The van der Waals surface area contributed by atoms with E-state index in [9.17, 15) is 30.0 Å². The molecule has 14 nitrogen and oxygen atoms in total. The second-order valence-electron chi connectivity index (χ2n) is 12.9. The standard InChI is InChI=1S/C38H44BrClN4O10/c1-21-23(17-53-33-29(39)13-25(31(43-33)51-5)15-41-37(3,19-45)35(47)48)9-7-11-27(21)28-12-8-10-24(22(28)2)18-54-34-30(40)14-26(32(44-34)52-6)16-42-38(4,20-46)36(49)50/h7-14,41-42,45-46H,15-20H2,1-6H3,(H,47,48)(H,49,50)/t37-,38-/m0/s1. The number of hydrogen-bond acceptors (Lipinski definition) is 12. The van der Waals surface area contributed by atoms with Crippen LogP contribution in [0, 0.1) is 13.8 Å². The zero-order chi connectivity index (χ0) is 39.8. The van der Waals surface area contributed by atoms with Gasteiger partial charge in [-0.15, -0.1) is 0 Å². The number of nitrogens with zero attached hydrogens (tertiary/aromatic N) is 2. The molecule has 290 valence electrons. The largest absolute Gasteiger partial charge is 0.481 e. The highest BCUT2D eigenvalue weighted by Crippen LogP contribution is 2.34. The van der Waals surface area contributed by atoms with Crippen LogP contribution in [0.3, 0.4) is 0 Å². The quantitative estimate of drug-likeness (QED) is 0.0720. The van der Waals surface area contributed by atoms with Crippen LogP contribution in [0.5, 0.6) is 23.5 Å². The van der Waals surface area contributed by atoms with E-state index in [1.165, 1.54) is 28.1 Å². The summed E-state index contributed by atoms with van der Waals surface area (Å²) in [4.78, 5) is 32.1. The predicted molar refractivity (Wildman–Crippen MR) is 204 cm³/mol. The van der Waals surface area contributed by atoms with Crippen LogP contribution in [0.4, 0.5) is 0 Å². The monoisotopic (exact) mass is 830 g/mol. The first-order valence-corrected chi connectivity index (χ1v) is 17.9. The first-order chi connectivity index (χ1) is 25.6. The van der Waals surface area contributed by atoms with Crippen LogP contribution in [0.2, 0.25) is 5.02 Å². The molecule has 4 rings (SSSR count). The van der Waals surface area contributed by atoms with Crippen molar-refractivity contribution in [1.29, 1.82) is 0 Å². The summed E-state index contributed by atoms with van der Waals surface area (Å²) in [6, 6.07) is 15.2. The van der Waals surface area contributed by atoms with Crippen molar-refractivity contribution in [2.45, 2.75) is 65.1 Å². The molecule has 0 aliphatic rings. The number of aliphatic carboxylic acids is 2. The Labute approximate surface area is 326 Å². The molecule has 54 heavy (non-hydrogen) atoms. The van der Waals surface area contributed by atoms with Gasteiger partial charge in [-0.2, -0.15) is 9.97 Å². The normalized spacial score (nSPS) is 13.4. The Morgan fingerprint density at radius 1 is 0.722 bits per heavy atom. The van der Waals surface area contributed by atoms with Crippen LogP contribution in [-0.4, -0.2) is 80.8 Å². The molecule has 2 atom stereocenters. The molecule has 16 heteroatoms. The minimum Gasteiger partial charge on any atom is -0.481 e. The number of ether oxygens (including phenoxy) is 4. The second-order valence-corrected chi connectivity index (χ2v) is 14.2. The lowest BCUT2D eigenvalue weighted by molar-refractivity contribution is -0.146. The minimum absolute atomic E-state index is 0.0258. The van der Waals surface area contributed by atoms with Gasteiger partial charge in [0.1, 0.15) is 29.3 Å². The van der Waals surface area contributed by atoms with Crippen molar-refractivity contribution in [1.82, 2.24) is 20.6 Å². The van der Waals surface area contributed by atoms with Gasteiger partial charge < -0.3 is 39.4 Å². The molecule has 0 spiro atoms.